The maximum absolute atomic E-state index is 8.76. The van der Waals surface area contributed by atoms with E-state index < -0.39 is 0 Å². The van der Waals surface area contributed by atoms with Crippen LogP contribution in [0.5, 0.6) is 0 Å². The first-order valence-corrected chi connectivity index (χ1v) is 9.54. The molecule has 0 aliphatic rings. The number of aryl methyl sites for hydroxylation is 2. The lowest BCUT2D eigenvalue weighted by molar-refractivity contribution is -0.694. The highest BCUT2D eigenvalue weighted by atomic mass is 15.1. The third kappa shape index (κ3) is 4.47. The predicted molar refractivity (Wildman–Crippen MR) is 104 cm³/mol. The Labute approximate surface area is 166 Å². The van der Waals surface area contributed by atoms with Gasteiger partial charge in [0.2, 0.25) is 0 Å². The zero-order valence-electron chi connectivity index (χ0n) is 16.5. The zero-order valence-corrected chi connectivity index (χ0v) is 16.5. The second-order valence-electron chi connectivity index (χ2n) is 6.97. The Balaban J connectivity index is 1.65. The molecule has 28 heavy (non-hydrogen) atoms. The Morgan fingerprint density at radius 3 is 1.50 bits per heavy atom. The van der Waals surface area contributed by atoms with Crippen LogP contribution in [0.15, 0.2) is 49.1 Å². The van der Waals surface area contributed by atoms with Crippen molar-refractivity contribution in [3.63, 3.8) is 0 Å². The summed E-state index contributed by atoms with van der Waals surface area (Å²) in [6.45, 7) is 7.28. The van der Waals surface area contributed by atoms with Crippen LogP contribution in [-0.2, 0) is 26.2 Å². The number of hydrogen-bond donors (Lipinski definition) is 0. The van der Waals surface area contributed by atoms with Gasteiger partial charge in [0.05, 0.1) is 25.0 Å². The molecule has 0 aliphatic heterocycles. The molecule has 0 unspecified atom stereocenters. The summed E-state index contributed by atoms with van der Waals surface area (Å²) >= 11 is 0. The fraction of sp³-hybridized carbons (Fsp3) is 0.364. The molecule has 0 aliphatic carbocycles. The predicted octanol–water partition coefficient (Wildman–Crippen LogP) is 2.41. The highest BCUT2D eigenvalue weighted by Crippen LogP contribution is 2.06. The van der Waals surface area contributed by atoms with Gasteiger partial charge < -0.3 is 0 Å². The van der Waals surface area contributed by atoms with Crippen molar-refractivity contribution in [2.75, 3.05) is 0 Å². The summed E-state index contributed by atoms with van der Waals surface area (Å²) < 4.78 is 8.66. The second kappa shape index (κ2) is 9.01. The average molecular weight is 374 g/mol. The highest BCUT2D eigenvalue weighted by molar-refractivity contribution is 5.21. The van der Waals surface area contributed by atoms with Gasteiger partial charge in [-0.15, -0.1) is 0 Å². The van der Waals surface area contributed by atoms with Gasteiger partial charge in [-0.05, 0) is 11.1 Å². The molecule has 3 aromatic rings. The maximum Gasteiger partial charge on any atom is 0.253 e. The first-order valence-electron chi connectivity index (χ1n) is 9.54. The largest absolute Gasteiger partial charge is 0.253 e. The number of aromatic nitrogens is 4. The van der Waals surface area contributed by atoms with Crippen LogP contribution in [0, 0.1) is 36.5 Å². The molecule has 0 amide bonds. The second-order valence-corrected chi connectivity index (χ2v) is 6.97. The first kappa shape index (κ1) is 19.4. The van der Waals surface area contributed by atoms with Crippen molar-refractivity contribution in [3.05, 3.63) is 71.8 Å². The van der Waals surface area contributed by atoms with Crippen molar-refractivity contribution in [1.82, 2.24) is 9.13 Å². The standard InChI is InChI=1S/C22H26N6/c1-19-25(11-3-9-23)13-15-27(19)17-21-5-7-22(8-6-21)18-28-16-14-26(20(28)2)12-4-10-24/h5-8,13-16H,3-4,11-12,17-18H2,1-2H3/q+2. The Bertz CT molecular complexity index is 928. The van der Waals surface area contributed by atoms with Crippen molar-refractivity contribution >= 4 is 0 Å². The van der Waals surface area contributed by atoms with E-state index in [0.29, 0.717) is 12.8 Å². The zero-order chi connectivity index (χ0) is 19.9. The third-order valence-corrected chi connectivity index (χ3v) is 5.17. The minimum atomic E-state index is 0.527. The number of nitrogens with zero attached hydrogens (tertiary/aromatic N) is 6. The van der Waals surface area contributed by atoms with E-state index in [1.54, 1.807) is 0 Å². The van der Waals surface area contributed by atoms with Gasteiger partial charge in [0, 0.05) is 13.8 Å². The van der Waals surface area contributed by atoms with E-state index in [1.165, 1.54) is 11.1 Å². The van der Waals surface area contributed by atoms with Gasteiger partial charge in [0.1, 0.15) is 51.0 Å². The van der Waals surface area contributed by atoms with Crippen LogP contribution in [-0.4, -0.2) is 9.13 Å². The molecule has 3 rings (SSSR count). The molecule has 0 N–H and O–H groups in total. The van der Waals surface area contributed by atoms with Gasteiger partial charge >= 0.3 is 0 Å². The molecule has 6 heteroatoms. The summed E-state index contributed by atoms with van der Waals surface area (Å²) in [5.41, 5.74) is 2.51. The summed E-state index contributed by atoms with van der Waals surface area (Å²) in [5, 5.41) is 17.5. The molecular formula is C22H26N6+2. The SMILES string of the molecule is Cc1n(CCC#N)cc[n+]1Cc1ccc(C[n+]2ccn(CCC#N)c2C)cc1. The molecule has 0 radical (unpaired) electrons. The molecular weight excluding hydrogens is 348 g/mol. The topological polar surface area (TPSA) is 65.2 Å². The number of nitriles is 2. The number of hydrogen-bond acceptors (Lipinski definition) is 2. The lowest BCUT2D eigenvalue weighted by Crippen LogP contribution is -2.36. The summed E-state index contributed by atoms with van der Waals surface area (Å²) in [6, 6.07) is 13.1. The van der Waals surface area contributed by atoms with E-state index in [1.807, 2.05) is 12.4 Å². The van der Waals surface area contributed by atoms with Crippen molar-refractivity contribution in [1.29, 1.82) is 10.5 Å². The molecule has 0 fully saturated rings. The van der Waals surface area contributed by atoms with Crippen LogP contribution in [0.4, 0.5) is 0 Å². The molecule has 2 heterocycles. The summed E-state index contributed by atoms with van der Waals surface area (Å²) in [6.07, 6.45) is 9.28. The smallest absolute Gasteiger partial charge is 0.233 e. The third-order valence-electron chi connectivity index (χ3n) is 5.17. The Hall–Kier alpha value is -3.38. The molecule has 2 aromatic heterocycles. The monoisotopic (exact) mass is 374 g/mol. The van der Waals surface area contributed by atoms with Crippen molar-refractivity contribution < 1.29 is 9.13 Å². The van der Waals surface area contributed by atoms with Crippen molar-refractivity contribution in [3.8, 4) is 12.1 Å². The molecule has 0 spiro atoms. The van der Waals surface area contributed by atoms with E-state index in [2.05, 4.69) is 80.9 Å². The quantitative estimate of drug-likeness (QED) is 0.568. The van der Waals surface area contributed by atoms with Crippen LogP contribution < -0.4 is 9.13 Å². The van der Waals surface area contributed by atoms with E-state index in [9.17, 15) is 0 Å². The fourth-order valence-electron chi connectivity index (χ4n) is 3.37. The number of rotatable bonds is 8. The van der Waals surface area contributed by atoms with Gasteiger partial charge in [-0.3, -0.25) is 0 Å². The van der Waals surface area contributed by atoms with E-state index in [4.69, 9.17) is 10.5 Å². The van der Waals surface area contributed by atoms with Crippen LogP contribution in [0.2, 0.25) is 0 Å². The Morgan fingerprint density at radius 1 is 0.750 bits per heavy atom. The van der Waals surface area contributed by atoms with E-state index in [-0.39, 0.29) is 0 Å². The molecule has 1 aromatic carbocycles. The van der Waals surface area contributed by atoms with Crippen LogP contribution in [0.1, 0.15) is 35.6 Å². The van der Waals surface area contributed by atoms with E-state index >= 15 is 0 Å². The van der Waals surface area contributed by atoms with Crippen molar-refractivity contribution in [2.24, 2.45) is 0 Å². The van der Waals surface area contributed by atoms with Crippen molar-refractivity contribution in [2.45, 2.75) is 52.9 Å². The summed E-state index contributed by atoms with van der Waals surface area (Å²) in [7, 11) is 0. The van der Waals surface area contributed by atoms with Crippen LogP contribution in [0.3, 0.4) is 0 Å². The summed E-state index contributed by atoms with van der Waals surface area (Å²) in [5.74, 6) is 2.31. The number of imidazole rings is 2. The Morgan fingerprint density at radius 2 is 1.14 bits per heavy atom. The first-order chi connectivity index (χ1) is 13.6. The van der Waals surface area contributed by atoms with Gasteiger partial charge in [0.15, 0.2) is 0 Å². The molecule has 0 saturated heterocycles. The highest BCUT2D eigenvalue weighted by Gasteiger charge is 2.14. The average Bonchev–Trinajstić information content (AvgIpc) is 3.23. The molecule has 0 atom stereocenters. The molecule has 0 bridgehead atoms. The maximum atomic E-state index is 8.76. The number of benzene rings is 1. The van der Waals surface area contributed by atoms with E-state index in [0.717, 1.165) is 37.8 Å². The minimum absolute atomic E-state index is 0.527. The van der Waals surface area contributed by atoms with Crippen LogP contribution >= 0.6 is 0 Å². The molecule has 0 saturated carbocycles. The lowest BCUT2D eigenvalue weighted by atomic mass is 10.1. The lowest BCUT2D eigenvalue weighted by Gasteiger charge is -2.04. The van der Waals surface area contributed by atoms with Crippen LogP contribution in [0.25, 0.3) is 0 Å². The molecule has 6 nitrogen and oxygen atoms in total. The Kier molecular flexibility index (Phi) is 6.24. The fourth-order valence-corrected chi connectivity index (χ4v) is 3.37. The van der Waals surface area contributed by atoms with Gasteiger partial charge in [-0.1, -0.05) is 24.3 Å². The summed E-state index contributed by atoms with van der Waals surface area (Å²) in [4.78, 5) is 0. The normalized spacial score (nSPS) is 10.6. The van der Waals surface area contributed by atoms with Gasteiger partial charge in [-0.2, -0.15) is 10.5 Å². The van der Waals surface area contributed by atoms with Gasteiger partial charge in [-0.25, -0.2) is 18.3 Å². The van der Waals surface area contributed by atoms with Gasteiger partial charge in [0.25, 0.3) is 11.6 Å². The minimum Gasteiger partial charge on any atom is -0.233 e. The molecule has 142 valence electrons.